The lowest BCUT2D eigenvalue weighted by Gasteiger charge is -2.39. The smallest absolute Gasteiger partial charge is 0.427 e. The Hall–Kier alpha value is -2.05. The number of para-hydroxylation sites is 1. The number of aromatic nitrogens is 1. The SMILES string of the molecule is NC(CCCCB(O)O)C1CC(CCc2cccc3cccnc23)C1.O=C=O. The average molecular weight is 384 g/mol. The van der Waals surface area contributed by atoms with Gasteiger partial charge in [-0.1, -0.05) is 37.1 Å². The molecule has 1 saturated carbocycles. The van der Waals surface area contributed by atoms with Gasteiger partial charge in [0.1, 0.15) is 0 Å². The summed E-state index contributed by atoms with van der Waals surface area (Å²) in [5.74, 6) is 1.43. The third-order valence-corrected chi connectivity index (χ3v) is 5.67. The number of rotatable bonds is 9. The van der Waals surface area contributed by atoms with Gasteiger partial charge in [0.15, 0.2) is 0 Å². The lowest BCUT2D eigenvalue weighted by molar-refractivity contribution is -0.191. The quantitative estimate of drug-likeness (QED) is 0.452. The minimum Gasteiger partial charge on any atom is -0.427 e. The molecule has 0 aliphatic heterocycles. The van der Waals surface area contributed by atoms with Crippen LogP contribution < -0.4 is 5.73 Å². The number of hydrogen-bond donors (Lipinski definition) is 3. The Morgan fingerprint density at radius 1 is 1.18 bits per heavy atom. The maximum atomic E-state index is 8.86. The van der Waals surface area contributed by atoms with Crippen molar-refractivity contribution >= 4 is 24.2 Å². The molecule has 1 atom stereocenters. The molecule has 4 N–H and O–H groups in total. The molecule has 0 spiro atoms. The van der Waals surface area contributed by atoms with Crippen LogP contribution in [0.25, 0.3) is 10.9 Å². The van der Waals surface area contributed by atoms with Gasteiger partial charge in [-0.15, -0.1) is 0 Å². The van der Waals surface area contributed by atoms with Gasteiger partial charge in [0.25, 0.3) is 0 Å². The number of aryl methyl sites for hydroxylation is 1. The minimum atomic E-state index is -1.17. The van der Waals surface area contributed by atoms with Crippen LogP contribution in [0.1, 0.15) is 44.1 Å². The highest BCUT2D eigenvalue weighted by Crippen LogP contribution is 2.39. The van der Waals surface area contributed by atoms with Crippen molar-refractivity contribution in [3.8, 4) is 0 Å². The maximum absolute atomic E-state index is 8.86. The third kappa shape index (κ3) is 6.84. The van der Waals surface area contributed by atoms with Gasteiger partial charge in [-0.25, -0.2) is 0 Å². The molecule has 0 radical (unpaired) electrons. The van der Waals surface area contributed by atoms with Crippen LogP contribution in [0, 0.1) is 11.8 Å². The number of nitrogens with two attached hydrogens (primary N) is 1. The summed E-state index contributed by atoms with van der Waals surface area (Å²) in [6, 6.07) is 10.8. The van der Waals surface area contributed by atoms with Crippen molar-refractivity contribution in [2.45, 2.75) is 57.3 Å². The zero-order valence-corrected chi connectivity index (χ0v) is 16.2. The van der Waals surface area contributed by atoms with Crippen molar-refractivity contribution < 1.29 is 19.6 Å². The molecule has 7 heteroatoms. The predicted molar refractivity (Wildman–Crippen MR) is 108 cm³/mol. The molecule has 0 amide bonds. The number of unbranched alkanes of at least 4 members (excludes halogenated alkanes) is 1. The third-order valence-electron chi connectivity index (χ3n) is 5.67. The van der Waals surface area contributed by atoms with Crippen molar-refractivity contribution in [3.05, 3.63) is 42.1 Å². The second-order valence-electron chi connectivity index (χ2n) is 7.64. The zero-order valence-electron chi connectivity index (χ0n) is 16.2. The fourth-order valence-electron chi connectivity index (χ4n) is 4.04. The summed E-state index contributed by atoms with van der Waals surface area (Å²) in [6.45, 7) is 0. The molecular formula is C21H29BN2O4. The Kier molecular flexibility index (Phi) is 9.31. The van der Waals surface area contributed by atoms with Crippen molar-refractivity contribution in [1.82, 2.24) is 4.98 Å². The lowest BCUT2D eigenvalue weighted by atomic mass is 9.68. The topological polar surface area (TPSA) is 114 Å². The number of nitrogens with zero attached hydrogens (tertiary/aromatic N) is 1. The molecule has 1 heterocycles. The second kappa shape index (κ2) is 11.7. The number of hydrogen-bond acceptors (Lipinski definition) is 6. The van der Waals surface area contributed by atoms with Gasteiger partial charge < -0.3 is 15.8 Å². The van der Waals surface area contributed by atoms with E-state index in [9.17, 15) is 0 Å². The number of fused-ring (bicyclic) bond motifs is 1. The van der Waals surface area contributed by atoms with E-state index in [1.165, 1.54) is 30.2 Å². The first-order valence-corrected chi connectivity index (χ1v) is 9.98. The highest BCUT2D eigenvalue weighted by molar-refractivity contribution is 6.40. The summed E-state index contributed by atoms with van der Waals surface area (Å²) in [5, 5.41) is 18.9. The Labute approximate surface area is 166 Å². The molecule has 150 valence electrons. The summed E-state index contributed by atoms with van der Waals surface area (Å²) in [5.41, 5.74) is 8.80. The number of benzene rings is 1. The van der Waals surface area contributed by atoms with Gasteiger partial charge in [0, 0.05) is 17.6 Å². The predicted octanol–water partition coefficient (Wildman–Crippen LogP) is 2.58. The van der Waals surface area contributed by atoms with Crippen LogP contribution in [0.15, 0.2) is 36.5 Å². The van der Waals surface area contributed by atoms with E-state index in [1.807, 2.05) is 12.3 Å². The molecule has 1 fully saturated rings. The summed E-state index contributed by atoms with van der Waals surface area (Å²) in [6.07, 6.45) is 10.2. The largest absolute Gasteiger partial charge is 0.451 e. The van der Waals surface area contributed by atoms with Crippen LogP contribution in [0.2, 0.25) is 6.32 Å². The molecule has 28 heavy (non-hydrogen) atoms. The normalized spacial score (nSPS) is 19.1. The van der Waals surface area contributed by atoms with Crippen molar-refractivity contribution in [2.75, 3.05) is 0 Å². The van der Waals surface area contributed by atoms with Crippen molar-refractivity contribution in [3.63, 3.8) is 0 Å². The van der Waals surface area contributed by atoms with Crippen LogP contribution in [-0.2, 0) is 16.0 Å². The molecule has 6 nitrogen and oxygen atoms in total. The molecule has 0 bridgehead atoms. The zero-order chi connectivity index (χ0) is 20.4. The molecule has 1 aliphatic carbocycles. The van der Waals surface area contributed by atoms with Crippen LogP contribution in [0.5, 0.6) is 0 Å². The second-order valence-corrected chi connectivity index (χ2v) is 7.64. The van der Waals surface area contributed by atoms with E-state index in [0.717, 1.165) is 37.1 Å². The molecule has 1 unspecified atom stereocenters. The van der Waals surface area contributed by atoms with E-state index in [4.69, 9.17) is 25.4 Å². The van der Waals surface area contributed by atoms with Gasteiger partial charge in [-0.3, -0.25) is 4.98 Å². The molecule has 3 rings (SSSR count). The van der Waals surface area contributed by atoms with Gasteiger partial charge in [0.2, 0.25) is 0 Å². The first-order chi connectivity index (χ1) is 13.5. The Morgan fingerprint density at radius 3 is 2.61 bits per heavy atom. The van der Waals surface area contributed by atoms with E-state index in [2.05, 4.69) is 29.2 Å². The Balaban J connectivity index is 0.000000878. The van der Waals surface area contributed by atoms with Crippen LogP contribution >= 0.6 is 0 Å². The standard InChI is InChI=1S/C20H29BN2O2.CO2/c22-19(8-1-2-11-21(24)25)18-13-15(14-18)9-10-17-6-3-5-16-7-4-12-23-20(16)17;2-1-3/h3-7,12,15,18-19,24-25H,1-2,8-11,13-14,22H2;. The Bertz CT molecular complexity index is 754. The van der Waals surface area contributed by atoms with Gasteiger partial charge in [-0.2, -0.15) is 9.59 Å². The summed E-state index contributed by atoms with van der Waals surface area (Å²) in [4.78, 5) is 20.8. The fraction of sp³-hybridized carbons (Fsp3) is 0.524. The minimum absolute atomic E-state index is 0.250. The van der Waals surface area contributed by atoms with Crippen molar-refractivity contribution in [2.24, 2.45) is 17.6 Å². The monoisotopic (exact) mass is 384 g/mol. The van der Waals surface area contributed by atoms with E-state index in [1.54, 1.807) is 0 Å². The first-order valence-electron chi connectivity index (χ1n) is 9.98. The summed E-state index contributed by atoms with van der Waals surface area (Å²) in [7, 11) is -1.17. The fourth-order valence-corrected chi connectivity index (χ4v) is 4.04. The summed E-state index contributed by atoms with van der Waals surface area (Å²) >= 11 is 0. The first kappa shape index (κ1) is 22.2. The molecule has 0 saturated heterocycles. The summed E-state index contributed by atoms with van der Waals surface area (Å²) < 4.78 is 0. The molecule has 1 aromatic carbocycles. The van der Waals surface area contributed by atoms with E-state index in [0.29, 0.717) is 12.2 Å². The van der Waals surface area contributed by atoms with Gasteiger partial charge in [0.05, 0.1) is 5.52 Å². The van der Waals surface area contributed by atoms with Crippen LogP contribution in [0.4, 0.5) is 0 Å². The molecule has 2 aromatic rings. The molecule has 1 aromatic heterocycles. The van der Waals surface area contributed by atoms with E-state index < -0.39 is 7.12 Å². The van der Waals surface area contributed by atoms with E-state index in [-0.39, 0.29) is 12.2 Å². The lowest BCUT2D eigenvalue weighted by Crippen LogP contribution is -2.39. The maximum Gasteiger partial charge on any atom is 0.451 e. The van der Waals surface area contributed by atoms with Gasteiger partial charge in [-0.05, 0) is 61.9 Å². The number of pyridine rings is 1. The average Bonchev–Trinajstić information content (AvgIpc) is 2.64. The van der Waals surface area contributed by atoms with Gasteiger partial charge >= 0.3 is 13.3 Å². The molecular weight excluding hydrogens is 355 g/mol. The highest BCUT2D eigenvalue weighted by Gasteiger charge is 2.32. The number of carbonyl (C=O) groups excluding carboxylic acids is 2. The highest BCUT2D eigenvalue weighted by atomic mass is 16.4. The van der Waals surface area contributed by atoms with E-state index >= 15 is 0 Å². The van der Waals surface area contributed by atoms with Crippen molar-refractivity contribution in [1.29, 1.82) is 0 Å². The molecule has 1 aliphatic rings. The van der Waals surface area contributed by atoms with Crippen LogP contribution in [-0.4, -0.2) is 34.3 Å². The Morgan fingerprint density at radius 2 is 1.89 bits per heavy atom. The van der Waals surface area contributed by atoms with Crippen LogP contribution in [0.3, 0.4) is 0 Å².